The van der Waals surface area contributed by atoms with Crippen LogP contribution in [-0.2, 0) is 9.53 Å². The van der Waals surface area contributed by atoms with Gasteiger partial charge in [-0.1, -0.05) is 25.6 Å². The first-order valence-electron chi connectivity index (χ1n) is 10.3. The highest BCUT2D eigenvalue weighted by molar-refractivity contribution is 7.99. The third-order valence-electron chi connectivity index (χ3n) is 4.76. The molecule has 0 saturated carbocycles. The number of fused-ring (bicyclic) bond motifs is 2. The monoisotopic (exact) mass is 458 g/mol. The fourth-order valence-electron chi connectivity index (χ4n) is 3.30. The van der Waals surface area contributed by atoms with Crippen molar-refractivity contribution in [2.75, 3.05) is 17.7 Å². The molecule has 3 heterocycles. The molecule has 2 amide bonds. The van der Waals surface area contributed by atoms with E-state index in [1.165, 1.54) is 11.8 Å². The molecule has 170 valence electrons. The van der Waals surface area contributed by atoms with Gasteiger partial charge in [-0.15, -0.1) is 10.2 Å². The molecule has 1 aromatic carbocycles. The van der Waals surface area contributed by atoms with Gasteiger partial charge >= 0.3 is 6.09 Å². The Labute approximate surface area is 190 Å². The van der Waals surface area contributed by atoms with Crippen molar-refractivity contribution in [2.24, 2.45) is 11.0 Å². The van der Waals surface area contributed by atoms with E-state index in [1.807, 2.05) is 52.8 Å². The molecular weight excluding hydrogens is 432 g/mol. The number of anilines is 1. The summed E-state index contributed by atoms with van der Waals surface area (Å²) in [4.78, 5) is 24.1. The first-order valence-corrected chi connectivity index (χ1v) is 11.3. The van der Waals surface area contributed by atoms with Gasteiger partial charge < -0.3 is 20.1 Å². The van der Waals surface area contributed by atoms with Crippen LogP contribution in [-0.4, -0.2) is 50.5 Å². The van der Waals surface area contributed by atoms with Crippen molar-refractivity contribution in [3.63, 3.8) is 0 Å². The van der Waals surface area contributed by atoms with Gasteiger partial charge in [-0.05, 0) is 44.9 Å². The number of carbonyl (C=O) groups is 2. The lowest BCUT2D eigenvalue weighted by atomic mass is 10.0. The Morgan fingerprint density at radius 2 is 2.09 bits per heavy atom. The number of aromatic nitrogens is 3. The van der Waals surface area contributed by atoms with Crippen molar-refractivity contribution < 1.29 is 19.1 Å². The van der Waals surface area contributed by atoms with Gasteiger partial charge in [0.25, 0.3) is 5.91 Å². The molecule has 0 spiro atoms. The third-order valence-corrected chi connectivity index (χ3v) is 5.69. The maximum Gasteiger partial charge on any atom is 0.408 e. The smallest absolute Gasteiger partial charge is 0.408 e. The van der Waals surface area contributed by atoms with Crippen LogP contribution in [0.3, 0.4) is 0 Å². The van der Waals surface area contributed by atoms with Crippen molar-refractivity contribution in [3.8, 4) is 5.75 Å². The Morgan fingerprint density at radius 1 is 1.31 bits per heavy atom. The third kappa shape index (κ3) is 4.72. The first-order chi connectivity index (χ1) is 15.1. The number of rotatable bonds is 4. The van der Waals surface area contributed by atoms with Gasteiger partial charge in [0, 0.05) is 11.3 Å². The van der Waals surface area contributed by atoms with E-state index < -0.39 is 17.7 Å². The molecule has 11 heteroatoms. The molecule has 1 aromatic heterocycles. The quantitative estimate of drug-likeness (QED) is 0.722. The number of hydrogen-bond acceptors (Lipinski definition) is 8. The summed E-state index contributed by atoms with van der Waals surface area (Å²) in [5, 5.41) is 19.7. The number of carbonyl (C=O) groups excluding carboxylic acids is 2. The molecule has 10 nitrogen and oxygen atoms in total. The molecule has 2 aliphatic rings. The minimum Gasteiger partial charge on any atom is -0.482 e. The summed E-state index contributed by atoms with van der Waals surface area (Å²) < 4.78 is 12.5. The average Bonchev–Trinajstić information content (AvgIpc) is 3.12. The zero-order chi connectivity index (χ0) is 23.0. The van der Waals surface area contributed by atoms with Crippen LogP contribution in [0.1, 0.15) is 52.0 Å². The van der Waals surface area contributed by atoms with E-state index in [0.717, 1.165) is 11.3 Å². The number of amides is 2. The van der Waals surface area contributed by atoms with Gasteiger partial charge in [0.15, 0.2) is 12.4 Å². The summed E-state index contributed by atoms with van der Waals surface area (Å²) in [6.45, 7) is 9.42. The number of thioether (sulfide) groups is 1. The molecule has 1 atom stereocenters. The summed E-state index contributed by atoms with van der Waals surface area (Å²) in [6, 6.07) is 5.13. The van der Waals surface area contributed by atoms with E-state index in [2.05, 4.69) is 20.8 Å². The van der Waals surface area contributed by atoms with Gasteiger partial charge in [0.1, 0.15) is 11.4 Å². The standard InChI is InChI=1S/C21H26N6O4S/c1-11(2)17(23-20(29)31-21(3,4)5)18-24-25-19-27(18)26-14(10-32-19)12-6-7-15-13(8-12)22-16(28)9-30-15/h6-8,11,17H,9-10H2,1-5H3,(H,22,28)(H,23,29). The highest BCUT2D eigenvalue weighted by atomic mass is 32.2. The van der Waals surface area contributed by atoms with E-state index in [1.54, 1.807) is 4.68 Å². The number of nitrogens with one attached hydrogen (secondary N) is 2. The SMILES string of the molecule is CC(C)C(NC(=O)OC(C)(C)C)c1nnc2n1N=C(c1ccc3c(c1)NC(=O)CO3)CS2. The Morgan fingerprint density at radius 3 is 2.81 bits per heavy atom. The second kappa shape index (κ2) is 8.45. The number of alkyl carbamates (subject to hydrolysis) is 1. The summed E-state index contributed by atoms with van der Waals surface area (Å²) in [6.07, 6.45) is -0.522. The van der Waals surface area contributed by atoms with Gasteiger partial charge in [-0.25, -0.2) is 4.79 Å². The van der Waals surface area contributed by atoms with Crippen LogP contribution < -0.4 is 15.4 Å². The molecule has 2 aliphatic heterocycles. The van der Waals surface area contributed by atoms with E-state index in [0.29, 0.717) is 28.2 Å². The topological polar surface area (TPSA) is 120 Å². The molecule has 0 saturated heterocycles. The predicted molar refractivity (Wildman–Crippen MR) is 120 cm³/mol. The summed E-state index contributed by atoms with van der Waals surface area (Å²) in [5.74, 6) is 1.59. The van der Waals surface area contributed by atoms with Crippen LogP contribution in [0, 0.1) is 5.92 Å². The number of nitrogens with zero attached hydrogens (tertiary/aromatic N) is 4. The molecule has 4 rings (SSSR count). The normalized spacial score (nSPS) is 16.3. The van der Waals surface area contributed by atoms with Crippen LogP contribution in [0.5, 0.6) is 5.75 Å². The van der Waals surface area contributed by atoms with Crippen molar-refractivity contribution in [2.45, 2.75) is 51.4 Å². The molecule has 32 heavy (non-hydrogen) atoms. The largest absolute Gasteiger partial charge is 0.482 e. The summed E-state index contributed by atoms with van der Waals surface area (Å²) >= 11 is 1.50. The fourth-order valence-corrected chi connectivity index (χ4v) is 4.15. The lowest BCUT2D eigenvalue weighted by Gasteiger charge is -2.25. The molecule has 0 aliphatic carbocycles. The van der Waals surface area contributed by atoms with E-state index in [9.17, 15) is 9.59 Å². The van der Waals surface area contributed by atoms with Crippen LogP contribution in [0.4, 0.5) is 10.5 Å². The molecule has 2 N–H and O–H groups in total. The molecule has 2 aromatic rings. The molecule has 1 unspecified atom stereocenters. The predicted octanol–water partition coefficient (Wildman–Crippen LogP) is 3.19. The van der Waals surface area contributed by atoms with Gasteiger partial charge in [0.05, 0.1) is 17.4 Å². The molecule has 0 fully saturated rings. The average molecular weight is 459 g/mol. The van der Waals surface area contributed by atoms with Crippen LogP contribution >= 0.6 is 11.8 Å². The van der Waals surface area contributed by atoms with Crippen molar-refractivity contribution in [1.29, 1.82) is 0 Å². The second-order valence-electron chi connectivity index (χ2n) is 8.90. The van der Waals surface area contributed by atoms with E-state index in [-0.39, 0.29) is 18.4 Å². The highest BCUT2D eigenvalue weighted by Gasteiger charge is 2.30. The highest BCUT2D eigenvalue weighted by Crippen LogP contribution is 2.32. The Balaban J connectivity index is 1.64. The van der Waals surface area contributed by atoms with Crippen LogP contribution in [0.15, 0.2) is 28.5 Å². The van der Waals surface area contributed by atoms with Crippen LogP contribution in [0.25, 0.3) is 0 Å². The minimum atomic E-state index is -0.608. The van der Waals surface area contributed by atoms with E-state index in [4.69, 9.17) is 14.6 Å². The maximum atomic E-state index is 12.4. The fraction of sp³-hybridized carbons (Fsp3) is 0.476. The van der Waals surface area contributed by atoms with Crippen molar-refractivity contribution in [3.05, 3.63) is 29.6 Å². The number of benzene rings is 1. The zero-order valence-electron chi connectivity index (χ0n) is 18.6. The molecule has 0 bridgehead atoms. The van der Waals surface area contributed by atoms with Gasteiger partial charge in [0.2, 0.25) is 5.16 Å². The van der Waals surface area contributed by atoms with E-state index >= 15 is 0 Å². The summed E-state index contributed by atoms with van der Waals surface area (Å²) in [7, 11) is 0. The number of ether oxygens (including phenoxy) is 2. The lowest BCUT2D eigenvalue weighted by molar-refractivity contribution is -0.118. The second-order valence-corrected chi connectivity index (χ2v) is 9.85. The summed E-state index contributed by atoms with van der Waals surface area (Å²) in [5.41, 5.74) is 1.66. The Kier molecular flexibility index (Phi) is 5.85. The Bertz CT molecular complexity index is 1090. The van der Waals surface area contributed by atoms with Crippen molar-refractivity contribution in [1.82, 2.24) is 20.2 Å². The van der Waals surface area contributed by atoms with Crippen LogP contribution in [0.2, 0.25) is 0 Å². The number of hydrogen-bond donors (Lipinski definition) is 2. The first kappa shape index (κ1) is 22.1. The molecular formula is C21H26N6O4S. The minimum absolute atomic E-state index is 0.0117. The Hall–Kier alpha value is -3.08. The van der Waals surface area contributed by atoms with Gasteiger partial charge in [-0.3, -0.25) is 4.79 Å². The molecule has 0 radical (unpaired) electrons. The maximum absolute atomic E-state index is 12.4. The van der Waals surface area contributed by atoms with Crippen molar-refractivity contribution >= 4 is 35.2 Å². The van der Waals surface area contributed by atoms with Gasteiger partial charge in [-0.2, -0.15) is 9.78 Å². The lowest BCUT2D eigenvalue weighted by Crippen LogP contribution is -2.38. The zero-order valence-corrected chi connectivity index (χ0v) is 19.4.